The number of nitrogens with one attached hydrogen (secondary N) is 1. The Morgan fingerprint density at radius 1 is 1.12 bits per heavy atom. The van der Waals surface area contributed by atoms with Crippen LogP contribution in [0.3, 0.4) is 0 Å². The zero-order chi connectivity index (χ0) is 22.4. The smallest absolute Gasteiger partial charge is 0.244 e. The highest BCUT2D eigenvalue weighted by Gasteiger charge is 2.27. The van der Waals surface area contributed by atoms with E-state index in [1.54, 1.807) is 17.0 Å². The first-order valence-electron chi connectivity index (χ1n) is 10.5. The number of likely N-dealkylation sites (N-methyl/N-ethyl adjacent to an activating group) is 1. The fraction of sp³-hybridized carbons (Fsp3) is 0.435. The second kappa shape index (κ2) is 11.7. The molecule has 1 unspecified atom stereocenters. The Morgan fingerprint density at radius 2 is 1.78 bits per heavy atom. The summed E-state index contributed by atoms with van der Waals surface area (Å²) >= 11 is 0. The third-order valence-electron chi connectivity index (χ3n) is 5.84. The molecule has 1 saturated heterocycles. The molecule has 1 aliphatic heterocycles. The molecule has 1 aliphatic rings. The molecule has 0 spiro atoms. The quantitative estimate of drug-likeness (QED) is 0.595. The Labute approximate surface area is 197 Å². The van der Waals surface area contributed by atoms with Crippen LogP contribution in [0.4, 0.5) is 0 Å². The van der Waals surface area contributed by atoms with Crippen molar-refractivity contribution in [3.8, 4) is 5.75 Å². The van der Waals surface area contributed by atoms with Gasteiger partial charge in [0, 0.05) is 19.2 Å². The molecule has 1 heterocycles. The van der Waals surface area contributed by atoms with Crippen LogP contribution in [0.15, 0.2) is 53.4 Å². The van der Waals surface area contributed by atoms with Crippen molar-refractivity contribution in [3.05, 3.63) is 59.7 Å². The summed E-state index contributed by atoms with van der Waals surface area (Å²) in [5, 5.41) is 0. The normalized spacial score (nSPS) is 15.1. The first-order valence-corrected chi connectivity index (χ1v) is 12.0. The van der Waals surface area contributed by atoms with E-state index in [-0.39, 0.29) is 41.4 Å². The number of nitrogens with zero attached hydrogens (tertiary/aromatic N) is 2. The van der Waals surface area contributed by atoms with Gasteiger partial charge in [0.15, 0.2) is 0 Å². The number of ether oxygens (including phenoxy) is 1. The third-order valence-corrected chi connectivity index (χ3v) is 7.28. The molecular weight excluding hydrogens is 450 g/mol. The zero-order valence-electron chi connectivity index (χ0n) is 18.8. The monoisotopic (exact) mass is 481 g/mol. The van der Waals surface area contributed by atoms with E-state index in [9.17, 15) is 13.2 Å². The fourth-order valence-electron chi connectivity index (χ4n) is 4.05. The topological polar surface area (TPSA) is 79.0 Å². The second-order valence-corrected chi connectivity index (χ2v) is 9.63. The van der Waals surface area contributed by atoms with Gasteiger partial charge in [-0.25, -0.2) is 13.1 Å². The van der Waals surface area contributed by atoms with E-state index in [1.807, 2.05) is 37.4 Å². The SMILES string of the molecule is CNS(=O)(=O)c1cccc(CC(=O)N(C)C(CN2CCCC2)c2ccccc2)c1OC.Cl. The summed E-state index contributed by atoms with van der Waals surface area (Å²) in [6.07, 6.45) is 2.42. The first kappa shape index (κ1) is 26.1. The molecule has 2 aromatic carbocycles. The molecule has 32 heavy (non-hydrogen) atoms. The van der Waals surface area contributed by atoms with Crippen molar-refractivity contribution in [2.45, 2.75) is 30.2 Å². The summed E-state index contributed by atoms with van der Waals surface area (Å²) in [4.78, 5) is 17.5. The average Bonchev–Trinajstić information content (AvgIpc) is 3.30. The highest BCUT2D eigenvalue weighted by atomic mass is 35.5. The van der Waals surface area contributed by atoms with Gasteiger partial charge in [0.05, 0.1) is 19.6 Å². The molecule has 0 aliphatic carbocycles. The summed E-state index contributed by atoms with van der Waals surface area (Å²) in [7, 11) is 0.884. The Bertz CT molecular complexity index is 996. The molecule has 1 amide bonds. The molecule has 176 valence electrons. The minimum absolute atomic E-state index is 0. The summed E-state index contributed by atoms with van der Waals surface area (Å²) in [5.41, 5.74) is 1.63. The molecule has 1 fully saturated rings. The summed E-state index contributed by atoms with van der Waals surface area (Å²) in [5.74, 6) is 0.111. The fourth-order valence-corrected chi connectivity index (χ4v) is 4.99. The third kappa shape index (κ3) is 6.01. The van der Waals surface area contributed by atoms with E-state index in [1.165, 1.54) is 33.1 Å². The predicted molar refractivity (Wildman–Crippen MR) is 128 cm³/mol. The van der Waals surface area contributed by atoms with Gasteiger partial charge >= 0.3 is 0 Å². The molecule has 3 rings (SSSR count). The average molecular weight is 482 g/mol. The van der Waals surface area contributed by atoms with Crippen molar-refractivity contribution >= 4 is 28.3 Å². The molecule has 2 aromatic rings. The molecule has 7 nitrogen and oxygen atoms in total. The lowest BCUT2D eigenvalue weighted by Crippen LogP contribution is -2.39. The van der Waals surface area contributed by atoms with Crippen molar-refractivity contribution in [3.63, 3.8) is 0 Å². The van der Waals surface area contributed by atoms with Crippen LogP contribution in [0.5, 0.6) is 5.75 Å². The van der Waals surface area contributed by atoms with E-state index in [0.29, 0.717) is 5.56 Å². The van der Waals surface area contributed by atoms with Crippen LogP contribution in [0.1, 0.15) is 30.0 Å². The van der Waals surface area contributed by atoms with Gasteiger partial charge < -0.3 is 14.5 Å². The van der Waals surface area contributed by atoms with Gasteiger partial charge in [-0.05, 0) is 44.6 Å². The molecule has 1 N–H and O–H groups in total. The van der Waals surface area contributed by atoms with Gasteiger partial charge in [0.2, 0.25) is 15.9 Å². The van der Waals surface area contributed by atoms with Gasteiger partial charge in [0.25, 0.3) is 0 Å². The van der Waals surface area contributed by atoms with E-state index in [2.05, 4.69) is 9.62 Å². The van der Waals surface area contributed by atoms with Crippen LogP contribution in [0, 0.1) is 0 Å². The zero-order valence-corrected chi connectivity index (χ0v) is 20.4. The molecule has 1 atom stereocenters. The molecular formula is C23H32ClN3O4S. The molecule has 0 bridgehead atoms. The maximum atomic E-state index is 13.3. The lowest BCUT2D eigenvalue weighted by molar-refractivity contribution is -0.131. The highest BCUT2D eigenvalue weighted by molar-refractivity contribution is 7.89. The van der Waals surface area contributed by atoms with E-state index in [4.69, 9.17) is 4.74 Å². The Morgan fingerprint density at radius 3 is 2.38 bits per heavy atom. The number of carbonyl (C=O) groups is 1. The number of likely N-dealkylation sites (tertiary alicyclic amines) is 1. The Kier molecular flexibility index (Phi) is 9.51. The number of methoxy groups -OCH3 is 1. The number of hydrogen-bond acceptors (Lipinski definition) is 5. The standard InChI is InChI=1S/C23H31N3O4S.ClH/c1-24-31(28,29)21-13-9-12-19(23(21)30-3)16-22(27)25(2)20(17-26-14-7-8-15-26)18-10-5-4-6-11-18;/h4-6,9-13,20,24H,7-8,14-17H2,1-3H3;1H. The van der Waals surface area contributed by atoms with Crippen LogP contribution < -0.4 is 9.46 Å². The van der Waals surface area contributed by atoms with Crippen LogP contribution >= 0.6 is 12.4 Å². The van der Waals surface area contributed by atoms with Gasteiger partial charge in [-0.2, -0.15) is 0 Å². The second-order valence-electron chi connectivity index (χ2n) is 7.77. The van der Waals surface area contributed by atoms with Crippen LogP contribution in [0.25, 0.3) is 0 Å². The Balaban J connectivity index is 0.00000363. The van der Waals surface area contributed by atoms with E-state index in [0.717, 1.165) is 25.2 Å². The van der Waals surface area contributed by atoms with Gasteiger partial charge in [-0.3, -0.25) is 4.79 Å². The number of carbonyl (C=O) groups excluding carboxylic acids is 1. The summed E-state index contributed by atoms with van der Waals surface area (Å²) in [6, 6.07) is 14.8. The van der Waals surface area contributed by atoms with Gasteiger partial charge in [-0.1, -0.05) is 42.5 Å². The van der Waals surface area contributed by atoms with Crippen LogP contribution in [-0.4, -0.2) is 65.0 Å². The van der Waals surface area contributed by atoms with Crippen molar-refractivity contribution in [1.82, 2.24) is 14.5 Å². The van der Waals surface area contributed by atoms with Gasteiger partial charge in [0.1, 0.15) is 10.6 Å². The number of hydrogen-bond donors (Lipinski definition) is 1. The number of benzene rings is 2. The van der Waals surface area contributed by atoms with Crippen LogP contribution in [-0.2, 0) is 21.2 Å². The maximum Gasteiger partial charge on any atom is 0.244 e. The molecule has 0 aromatic heterocycles. The summed E-state index contributed by atoms with van der Waals surface area (Å²) in [6.45, 7) is 2.86. The first-order chi connectivity index (χ1) is 14.9. The van der Waals surface area contributed by atoms with E-state index < -0.39 is 10.0 Å². The number of para-hydroxylation sites is 1. The molecule has 0 radical (unpaired) electrons. The lowest BCUT2D eigenvalue weighted by atomic mass is 10.0. The minimum atomic E-state index is -3.70. The number of sulfonamides is 1. The van der Waals surface area contributed by atoms with Crippen molar-refractivity contribution in [2.75, 3.05) is 40.8 Å². The minimum Gasteiger partial charge on any atom is -0.495 e. The largest absolute Gasteiger partial charge is 0.495 e. The Hall–Kier alpha value is -2.13. The number of amides is 1. The van der Waals surface area contributed by atoms with Crippen molar-refractivity contribution in [2.24, 2.45) is 0 Å². The number of halogens is 1. The maximum absolute atomic E-state index is 13.3. The highest BCUT2D eigenvalue weighted by Crippen LogP contribution is 2.30. The summed E-state index contributed by atoms with van der Waals surface area (Å²) < 4.78 is 32.4. The van der Waals surface area contributed by atoms with Crippen molar-refractivity contribution in [1.29, 1.82) is 0 Å². The number of rotatable bonds is 9. The predicted octanol–water partition coefficient (Wildman–Crippen LogP) is 2.86. The van der Waals surface area contributed by atoms with Crippen molar-refractivity contribution < 1.29 is 17.9 Å². The molecule has 9 heteroatoms. The molecule has 0 saturated carbocycles. The van der Waals surface area contributed by atoms with Crippen LogP contribution in [0.2, 0.25) is 0 Å². The van der Waals surface area contributed by atoms with Gasteiger partial charge in [-0.15, -0.1) is 12.4 Å². The lowest BCUT2D eigenvalue weighted by Gasteiger charge is -2.32. The van der Waals surface area contributed by atoms with E-state index >= 15 is 0 Å².